The van der Waals surface area contributed by atoms with E-state index in [9.17, 15) is 9.59 Å². The number of ketones is 1. The number of Topliss-reactive ketones (excluding diaryl/α,β-unsaturated/α-hetero) is 1. The van der Waals surface area contributed by atoms with Gasteiger partial charge in [0.1, 0.15) is 0 Å². The average molecular weight is 290 g/mol. The Bertz CT molecular complexity index is 371. The van der Waals surface area contributed by atoms with E-state index in [-0.39, 0.29) is 11.3 Å². The number of carbonyl (C=O) groups excluding carboxylic acids is 1. The highest BCUT2D eigenvalue weighted by Crippen LogP contribution is 2.15. The molecule has 1 aromatic carbocycles. The molecule has 0 aliphatic carbocycles. The molecule has 1 N–H and O–H groups in total. The van der Waals surface area contributed by atoms with Crippen molar-refractivity contribution in [2.75, 3.05) is 0 Å². The number of carboxylic acids is 1. The summed E-state index contributed by atoms with van der Waals surface area (Å²) in [6.45, 7) is 1.42. The van der Waals surface area contributed by atoms with Crippen molar-refractivity contribution in [3.8, 4) is 0 Å². The monoisotopic (exact) mass is 290 g/mol. The predicted molar refractivity (Wildman–Crippen MR) is 56.1 cm³/mol. The second-order valence-corrected chi connectivity index (χ2v) is 3.72. The number of benzene rings is 1. The van der Waals surface area contributed by atoms with Gasteiger partial charge in [-0.25, -0.2) is 4.79 Å². The molecule has 0 amide bonds. The van der Waals surface area contributed by atoms with Crippen molar-refractivity contribution in [1.29, 1.82) is 0 Å². The normalized spacial score (nSPS) is 9.69. The van der Waals surface area contributed by atoms with E-state index in [0.29, 0.717) is 5.56 Å². The number of carbonyl (C=O) groups is 2. The van der Waals surface area contributed by atoms with E-state index in [1.807, 2.05) is 22.6 Å². The molecule has 0 aromatic heterocycles. The van der Waals surface area contributed by atoms with Gasteiger partial charge in [-0.05, 0) is 47.7 Å². The third-order valence-electron chi connectivity index (χ3n) is 1.59. The molecule has 0 fully saturated rings. The van der Waals surface area contributed by atoms with Gasteiger partial charge in [0, 0.05) is 9.13 Å². The van der Waals surface area contributed by atoms with Crippen molar-refractivity contribution in [2.45, 2.75) is 6.92 Å². The molecule has 0 aliphatic rings. The van der Waals surface area contributed by atoms with E-state index < -0.39 is 5.97 Å². The van der Waals surface area contributed by atoms with Crippen molar-refractivity contribution < 1.29 is 14.7 Å². The first-order chi connectivity index (χ1) is 6.02. The zero-order chi connectivity index (χ0) is 10.0. The molecule has 0 radical (unpaired) electrons. The molecule has 3 nitrogen and oxygen atoms in total. The average Bonchev–Trinajstić information content (AvgIpc) is 2.04. The van der Waals surface area contributed by atoms with E-state index >= 15 is 0 Å². The third kappa shape index (κ3) is 2.27. The van der Waals surface area contributed by atoms with Crippen molar-refractivity contribution in [3.63, 3.8) is 0 Å². The molecule has 0 unspecified atom stereocenters. The van der Waals surface area contributed by atoms with Gasteiger partial charge in [0.2, 0.25) is 0 Å². The van der Waals surface area contributed by atoms with Crippen LogP contribution in [-0.4, -0.2) is 16.9 Å². The van der Waals surface area contributed by atoms with Crippen LogP contribution in [0.15, 0.2) is 18.2 Å². The lowest BCUT2D eigenvalue weighted by Crippen LogP contribution is -2.02. The fraction of sp³-hybridized carbons (Fsp3) is 0.111. The Morgan fingerprint density at radius 3 is 2.46 bits per heavy atom. The van der Waals surface area contributed by atoms with Gasteiger partial charge in [-0.3, -0.25) is 4.79 Å². The second-order valence-electron chi connectivity index (χ2n) is 2.56. The summed E-state index contributed by atoms with van der Waals surface area (Å²) in [5, 5.41) is 8.67. The van der Waals surface area contributed by atoms with Crippen molar-refractivity contribution in [3.05, 3.63) is 32.9 Å². The summed E-state index contributed by atoms with van der Waals surface area (Å²) < 4.78 is 0.773. The largest absolute Gasteiger partial charge is 0.478 e. The molecule has 0 saturated carbocycles. The highest BCUT2D eigenvalue weighted by Gasteiger charge is 2.09. The summed E-state index contributed by atoms with van der Waals surface area (Å²) in [5.74, 6) is -1.13. The standard InChI is InChI=1S/C9H7IO3/c1-5(11)7-4-6(9(12)13)2-3-8(7)10/h2-4H,1H3,(H,12,13). The highest BCUT2D eigenvalue weighted by atomic mass is 127. The van der Waals surface area contributed by atoms with Crippen LogP contribution >= 0.6 is 22.6 Å². The summed E-state index contributed by atoms with van der Waals surface area (Å²) in [6.07, 6.45) is 0. The van der Waals surface area contributed by atoms with Gasteiger partial charge in [0.05, 0.1) is 5.56 Å². The number of halogens is 1. The van der Waals surface area contributed by atoms with Crippen LogP contribution in [0.3, 0.4) is 0 Å². The van der Waals surface area contributed by atoms with Crippen molar-refractivity contribution in [1.82, 2.24) is 0 Å². The minimum absolute atomic E-state index is 0.118. The number of aromatic carboxylic acids is 1. The van der Waals surface area contributed by atoms with Crippen LogP contribution in [0, 0.1) is 3.57 Å². The van der Waals surface area contributed by atoms with Gasteiger partial charge in [-0.2, -0.15) is 0 Å². The zero-order valence-corrected chi connectivity index (χ0v) is 9.03. The van der Waals surface area contributed by atoms with E-state index in [1.165, 1.54) is 19.1 Å². The summed E-state index contributed by atoms with van der Waals surface area (Å²) in [4.78, 5) is 21.6. The quantitative estimate of drug-likeness (QED) is 0.671. The van der Waals surface area contributed by atoms with Crippen molar-refractivity contribution in [2.24, 2.45) is 0 Å². The number of carboxylic acid groups (broad SMARTS) is 1. The lowest BCUT2D eigenvalue weighted by Gasteiger charge is -2.01. The smallest absolute Gasteiger partial charge is 0.335 e. The Kier molecular flexibility index (Phi) is 3.02. The zero-order valence-electron chi connectivity index (χ0n) is 6.87. The second kappa shape index (κ2) is 3.87. The van der Waals surface area contributed by atoms with Gasteiger partial charge in [0.15, 0.2) is 5.78 Å². The summed E-state index contributed by atoms with van der Waals surface area (Å²) >= 11 is 2.00. The van der Waals surface area contributed by atoms with Gasteiger partial charge in [0.25, 0.3) is 0 Å². The van der Waals surface area contributed by atoms with Crippen LogP contribution in [0.4, 0.5) is 0 Å². The molecule has 1 aromatic rings. The van der Waals surface area contributed by atoms with Crippen LogP contribution in [0.2, 0.25) is 0 Å². The first-order valence-corrected chi connectivity index (χ1v) is 4.64. The van der Waals surface area contributed by atoms with E-state index in [2.05, 4.69) is 0 Å². The molecule has 0 bridgehead atoms. The molecular formula is C9H7IO3. The molecule has 0 spiro atoms. The Hall–Kier alpha value is -0.910. The van der Waals surface area contributed by atoms with E-state index in [1.54, 1.807) is 6.07 Å². The molecule has 4 heteroatoms. The maximum Gasteiger partial charge on any atom is 0.335 e. The summed E-state index contributed by atoms with van der Waals surface area (Å²) in [7, 11) is 0. The molecule has 68 valence electrons. The summed E-state index contributed by atoms with van der Waals surface area (Å²) in [5.41, 5.74) is 0.603. The first kappa shape index (κ1) is 10.2. The fourth-order valence-corrected chi connectivity index (χ4v) is 1.64. The molecule has 0 aliphatic heterocycles. The topological polar surface area (TPSA) is 54.4 Å². The molecule has 0 saturated heterocycles. The molecule has 13 heavy (non-hydrogen) atoms. The number of hydrogen-bond acceptors (Lipinski definition) is 2. The van der Waals surface area contributed by atoms with Gasteiger partial charge in [-0.1, -0.05) is 0 Å². The van der Waals surface area contributed by atoms with Crippen LogP contribution < -0.4 is 0 Å². The molecule has 0 atom stereocenters. The fourth-order valence-electron chi connectivity index (χ4n) is 0.928. The lowest BCUT2D eigenvalue weighted by molar-refractivity contribution is 0.0697. The Morgan fingerprint density at radius 2 is 2.00 bits per heavy atom. The first-order valence-electron chi connectivity index (χ1n) is 3.56. The van der Waals surface area contributed by atoms with E-state index in [0.717, 1.165) is 3.57 Å². The van der Waals surface area contributed by atoms with Crippen LogP contribution in [-0.2, 0) is 0 Å². The van der Waals surface area contributed by atoms with Gasteiger partial charge in [-0.15, -0.1) is 0 Å². The number of hydrogen-bond donors (Lipinski definition) is 1. The minimum Gasteiger partial charge on any atom is -0.478 e. The predicted octanol–water partition coefficient (Wildman–Crippen LogP) is 2.19. The SMILES string of the molecule is CC(=O)c1cc(C(=O)O)ccc1I. The maximum absolute atomic E-state index is 11.0. The Labute approximate surface area is 88.9 Å². The van der Waals surface area contributed by atoms with E-state index in [4.69, 9.17) is 5.11 Å². The molecular weight excluding hydrogens is 283 g/mol. The highest BCUT2D eigenvalue weighted by molar-refractivity contribution is 14.1. The lowest BCUT2D eigenvalue weighted by atomic mass is 10.1. The maximum atomic E-state index is 11.0. The van der Waals surface area contributed by atoms with Crippen LogP contribution in [0.1, 0.15) is 27.6 Å². The third-order valence-corrected chi connectivity index (χ3v) is 2.53. The van der Waals surface area contributed by atoms with Crippen LogP contribution in [0.25, 0.3) is 0 Å². The van der Waals surface area contributed by atoms with Gasteiger partial charge >= 0.3 is 5.97 Å². The van der Waals surface area contributed by atoms with Crippen LogP contribution in [0.5, 0.6) is 0 Å². The Balaban J connectivity index is 3.27. The van der Waals surface area contributed by atoms with Gasteiger partial charge < -0.3 is 5.11 Å². The summed E-state index contributed by atoms with van der Waals surface area (Å²) in [6, 6.07) is 4.50. The Morgan fingerprint density at radius 1 is 1.38 bits per heavy atom. The van der Waals surface area contributed by atoms with Crippen molar-refractivity contribution >= 4 is 34.3 Å². The molecule has 0 heterocycles. The number of rotatable bonds is 2. The molecule has 1 rings (SSSR count). The minimum atomic E-state index is -1.01.